The lowest BCUT2D eigenvalue weighted by atomic mass is 9.70. The molecular formula is C10H14. The maximum atomic E-state index is 3.37. The molecule has 2 atom stereocenters. The van der Waals surface area contributed by atoms with Gasteiger partial charge in [-0.1, -0.05) is 25.7 Å². The van der Waals surface area contributed by atoms with Crippen molar-refractivity contribution in [2.45, 2.75) is 33.6 Å². The van der Waals surface area contributed by atoms with Crippen LogP contribution in [-0.4, -0.2) is 0 Å². The monoisotopic (exact) mass is 134 g/mol. The fourth-order valence-electron chi connectivity index (χ4n) is 2.22. The minimum Gasteiger partial charge on any atom is -0.0987 e. The van der Waals surface area contributed by atoms with Crippen molar-refractivity contribution in [3.05, 3.63) is 0 Å². The van der Waals surface area contributed by atoms with Gasteiger partial charge in [0.05, 0.1) is 0 Å². The Balaban J connectivity index is 2.48. The SMILES string of the molecule is CC1(C)C2C#C[C@@]1(C)CC2. The number of rotatable bonds is 0. The predicted octanol–water partition coefficient (Wildman–Crippen LogP) is 2.45. The van der Waals surface area contributed by atoms with Crippen molar-refractivity contribution >= 4 is 0 Å². The Morgan fingerprint density at radius 3 is 2.10 bits per heavy atom. The van der Waals surface area contributed by atoms with E-state index in [1.165, 1.54) is 12.8 Å². The van der Waals surface area contributed by atoms with E-state index in [2.05, 4.69) is 32.6 Å². The molecule has 1 unspecified atom stereocenters. The molecule has 54 valence electrons. The molecule has 2 aliphatic carbocycles. The maximum absolute atomic E-state index is 3.37. The Morgan fingerprint density at radius 2 is 2.00 bits per heavy atom. The summed E-state index contributed by atoms with van der Waals surface area (Å²) in [7, 11) is 0. The van der Waals surface area contributed by atoms with Gasteiger partial charge in [0, 0.05) is 11.3 Å². The van der Waals surface area contributed by atoms with Crippen molar-refractivity contribution in [1.29, 1.82) is 0 Å². The van der Waals surface area contributed by atoms with Crippen LogP contribution in [0.25, 0.3) is 0 Å². The molecule has 0 amide bonds. The highest BCUT2D eigenvalue weighted by atomic mass is 14.5. The van der Waals surface area contributed by atoms with Crippen LogP contribution >= 0.6 is 0 Å². The van der Waals surface area contributed by atoms with Crippen molar-refractivity contribution in [3.8, 4) is 11.8 Å². The van der Waals surface area contributed by atoms with Crippen LogP contribution in [0.5, 0.6) is 0 Å². The van der Waals surface area contributed by atoms with Gasteiger partial charge in [-0.2, -0.15) is 0 Å². The van der Waals surface area contributed by atoms with Crippen LogP contribution in [-0.2, 0) is 0 Å². The van der Waals surface area contributed by atoms with Gasteiger partial charge in [0.25, 0.3) is 0 Å². The van der Waals surface area contributed by atoms with E-state index in [4.69, 9.17) is 0 Å². The highest BCUT2D eigenvalue weighted by Gasteiger charge is 2.53. The largest absolute Gasteiger partial charge is 0.0987 e. The molecule has 2 aliphatic rings. The second-order valence-corrected chi connectivity index (χ2v) is 4.41. The van der Waals surface area contributed by atoms with Crippen LogP contribution < -0.4 is 0 Å². The van der Waals surface area contributed by atoms with E-state index in [1.54, 1.807) is 0 Å². The summed E-state index contributed by atoms with van der Waals surface area (Å²) in [5, 5.41) is 0. The Hall–Kier alpha value is -0.440. The van der Waals surface area contributed by atoms with E-state index in [9.17, 15) is 0 Å². The minimum absolute atomic E-state index is 0.345. The van der Waals surface area contributed by atoms with E-state index in [0.717, 1.165) is 0 Å². The normalized spacial score (nSPS) is 46.9. The van der Waals surface area contributed by atoms with Gasteiger partial charge in [-0.3, -0.25) is 0 Å². The van der Waals surface area contributed by atoms with Gasteiger partial charge in [0.1, 0.15) is 0 Å². The molecule has 0 aliphatic heterocycles. The second kappa shape index (κ2) is 1.42. The third-order valence-electron chi connectivity index (χ3n) is 3.75. The van der Waals surface area contributed by atoms with Crippen molar-refractivity contribution in [2.75, 3.05) is 0 Å². The summed E-state index contributed by atoms with van der Waals surface area (Å²) in [5.41, 5.74) is 0.782. The Bertz CT molecular complexity index is 226. The van der Waals surface area contributed by atoms with E-state index < -0.39 is 0 Å². The summed E-state index contributed by atoms with van der Waals surface area (Å²) in [5.74, 6) is 7.40. The summed E-state index contributed by atoms with van der Waals surface area (Å²) in [4.78, 5) is 0. The highest BCUT2D eigenvalue weighted by Crippen LogP contribution is 2.58. The molecular weight excluding hydrogens is 120 g/mol. The molecule has 0 N–H and O–H groups in total. The molecule has 0 aromatic rings. The summed E-state index contributed by atoms with van der Waals surface area (Å²) in [6.07, 6.45) is 2.65. The van der Waals surface area contributed by atoms with Gasteiger partial charge >= 0.3 is 0 Å². The number of fused-ring (bicyclic) bond motifs is 2. The first-order valence-electron chi connectivity index (χ1n) is 4.09. The van der Waals surface area contributed by atoms with Gasteiger partial charge < -0.3 is 0 Å². The average molecular weight is 134 g/mol. The fourth-order valence-corrected chi connectivity index (χ4v) is 2.22. The van der Waals surface area contributed by atoms with Crippen molar-refractivity contribution in [1.82, 2.24) is 0 Å². The standard InChI is InChI=1S/C10H14/c1-9(2)8-4-6-10(9,3)7-5-8/h8H,4,6H2,1-3H3/t8?,10-/m1/s1. The lowest BCUT2D eigenvalue weighted by Gasteiger charge is -2.32. The van der Waals surface area contributed by atoms with Gasteiger partial charge in [0.15, 0.2) is 0 Å². The molecule has 2 rings (SSSR count). The maximum Gasteiger partial charge on any atom is 0.0349 e. The smallest absolute Gasteiger partial charge is 0.0349 e. The molecule has 0 heterocycles. The van der Waals surface area contributed by atoms with Crippen LogP contribution in [0.4, 0.5) is 0 Å². The van der Waals surface area contributed by atoms with E-state index in [1.807, 2.05) is 0 Å². The molecule has 10 heavy (non-hydrogen) atoms. The summed E-state index contributed by atoms with van der Waals surface area (Å²) in [6.45, 7) is 7.00. The lowest BCUT2D eigenvalue weighted by molar-refractivity contribution is 0.188. The summed E-state index contributed by atoms with van der Waals surface area (Å²) in [6, 6.07) is 0. The van der Waals surface area contributed by atoms with Crippen LogP contribution in [0.2, 0.25) is 0 Å². The molecule has 0 nitrogen and oxygen atoms in total. The zero-order valence-electron chi connectivity index (χ0n) is 6.99. The molecule has 1 saturated carbocycles. The summed E-state index contributed by atoms with van der Waals surface area (Å²) >= 11 is 0. The van der Waals surface area contributed by atoms with Crippen molar-refractivity contribution < 1.29 is 0 Å². The quantitative estimate of drug-likeness (QED) is 0.446. The first kappa shape index (κ1) is 6.28. The minimum atomic E-state index is 0.345. The first-order valence-corrected chi connectivity index (χ1v) is 4.09. The number of hydrogen-bond donors (Lipinski definition) is 0. The van der Waals surface area contributed by atoms with E-state index >= 15 is 0 Å². The molecule has 0 saturated heterocycles. The molecule has 0 heteroatoms. The highest BCUT2D eigenvalue weighted by molar-refractivity contribution is 5.31. The van der Waals surface area contributed by atoms with Crippen LogP contribution in [0, 0.1) is 28.6 Å². The Kier molecular flexibility index (Phi) is 0.892. The molecule has 0 spiro atoms. The van der Waals surface area contributed by atoms with Gasteiger partial charge in [-0.15, -0.1) is 0 Å². The van der Waals surface area contributed by atoms with E-state index in [-0.39, 0.29) is 0 Å². The fraction of sp³-hybridized carbons (Fsp3) is 0.800. The molecule has 0 aromatic carbocycles. The van der Waals surface area contributed by atoms with Gasteiger partial charge in [-0.25, -0.2) is 0 Å². The van der Waals surface area contributed by atoms with Gasteiger partial charge in [0.2, 0.25) is 0 Å². The summed E-state index contributed by atoms with van der Waals surface area (Å²) < 4.78 is 0. The van der Waals surface area contributed by atoms with Crippen LogP contribution in [0.1, 0.15) is 33.6 Å². The van der Waals surface area contributed by atoms with Crippen molar-refractivity contribution in [3.63, 3.8) is 0 Å². The second-order valence-electron chi connectivity index (χ2n) is 4.41. The zero-order chi connectivity index (χ0) is 7.41. The van der Waals surface area contributed by atoms with Crippen LogP contribution in [0.3, 0.4) is 0 Å². The topological polar surface area (TPSA) is 0 Å². The molecule has 2 bridgehead atoms. The zero-order valence-corrected chi connectivity index (χ0v) is 6.99. The molecule has 0 aromatic heterocycles. The first-order chi connectivity index (χ1) is 4.56. The van der Waals surface area contributed by atoms with Crippen LogP contribution in [0.15, 0.2) is 0 Å². The third-order valence-corrected chi connectivity index (χ3v) is 3.75. The average Bonchev–Trinajstić information content (AvgIpc) is 2.18. The lowest BCUT2D eigenvalue weighted by Crippen LogP contribution is -2.28. The Labute approximate surface area is 63.0 Å². The predicted molar refractivity (Wildman–Crippen MR) is 42.4 cm³/mol. The molecule has 1 fully saturated rings. The van der Waals surface area contributed by atoms with Crippen molar-refractivity contribution in [2.24, 2.45) is 16.7 Å². The number of hydrogen-bond acceptors (Lipinski definition) is 0. The third kappa shape index (κ3) is 0.461. The van der Waals surface area contributed by atoms with Gasteiger partial charge in [-0.05, 0) is 25.2 Å². The Morgan fingerprint density at radius 1 is 1.30 bits per heavy atom. The van der Waals surface area contributed by atoms with E-state index in [0.29, 0.717) is 16.7 Å². The molecule has 0 radical (unpaired) electrons.